The molecule has 0 aliphatic carbocycles. The second-order valence-corrected chi connectivity index (χ2v) is 2.04. The van der Waals surface area contributed by atoms with Crippen LogP contribution in [0, 0.1) is 0 Å². The van der Waals surface area contributed by atoms with Gasteiger partial charge in [-0.1, -0.05) is 0 Å². The van der Waals surface area contributed by atoms with E-state index < -0.39 is 14.4 Å². The first-order valence-electron chi connectivity index (χ1n) is 2.24. The predicted octanol–water partition coefficient (Wildman–Crippen LogP) is 1.10. The van der Waals surface area contributed by atoms with E-state index in [0.29, 0.717) is 0 Å². The van der Waals surface area contributed by atoms with Gasteiger partial charge >= 0.3 is 14.4 Å². The molecule has 1 unspecified atom stereocenters. The number of carboxylic acid groups (broad SMARTS) is 1. The maximum atomic E-state index is 10.2. The normalized spacial score (nSPS) is 11.3. The number of hydrogen-bond donors (Lipinski definition) is 1. The van der Waals surface area contributed by atoms with Crippen LogP contribution in [0.2, 0.25) is 0 Å². The molecular weight excluding hydrogens is 195 g/mol. The summed E-state index contributed by atoms with van der Waals surface area (Å²) in [6.45, 7) is 1.78. The zero-order valence-electron chi connectivity index (χ0n) is 5.29. The van der Waals surface area contributed by atoms with Gasteiger partial charge in [0.25, 0.3) is 0 Å². The van der Waals surface area contributed by atoms with E-state index in [1.807, 2.05) is 0 Å². The van der Waals surface area contributed by atoms with Crippen molar-refractivity contribution in [2.45, 2.75) is 6.92 Å². The minimum atomic E-state index is -2.79. The summed E-state index contributed by atoms with van der Waals surface area (Å²) in [5.74, 6) is 0. The van der Waals surface area contributed by atoms with Crippen LogP contribution < -0.4 is 0 Å². The van der Waals surface area contributed by atoms with Crippen molar-refractivity contribution >= 4 is 14.4 Å². The molecule has 0 bridgehead atoms. The second kappa shape index (κ2) is 7.28. The molecular formula is C3H7O5PTi. The van der Waals surface area contributed by atoms with E-state index in [-0.39, 0.29) is 28.3 Å². The van der Waals surface area contributed by atoms with Crippen molar-refractivity contribution in [3.8, 4) is 0 Å². The summed E-state index contributed by atoms with van der Waals surface area (Å²) in [6.07, 6.45) is -1.58. The Morgan fingerprint density at radius 1 is 1.70 bits per heavy atom. The van der Waals surface area contributed by atoms with Gasteiger partial charge in [0.2, 0.25) is 0 Å². The third-order valence-corrected chi connectivity index (χ3v) is 1.30. The van der Waals surface area contributed by atoms with Gasteiger partial charge in [0.15, 0.2) is 0 Å². The van der Waals surface area contributed by atoms with Crippen molar-refractivity contribution in [1.29, 1.82) is 0 Å². The van der Waals surface area contributed by atoms with Crippen molar-refractivity contribution < 1.29 is 45.2 Å². The number of hydrogen-bond acceptors (Lipinski definition) is 4. The Balaban J connectivity index is 0. The van der Waals surface area contributed by atoms with Crippen molar-refractivity contribution in [3.05, 3.63) is 0 Å². The molecule has 5 nitrogen and oxygen atoms in total. The van der Waals surface area contributed by atoms with E-state index in [2.05, 4.69) is 9.05 Å². The summed E-state index contributed by atoms with van der Waals surface area (Å²) in [5, 5.41) is 7.83. The molecule has 0 spiro atoms. The first-order valence-corrected chi connectivity index (χ1v) is 3.46. The largest absolute Gasteiger partial charge is 0.512 e. The van der Waals surface area contributed by atoms with Gasteiger partial charge in [-0.2, -0.15) is 0 Å². The molecule has 1 N–H and O–H groups in total. The van der Waals surface area contributed by atoms with Crippen molar-refractivity contribution in [2.75, 3.05) is 6.61 Å². The van der Waals surface area contributed by atoms with Gasteiger partial charge < -0.3 is 14.2 Å². The minimum absolute atomic E-state index is 0. The van der Waals surface area contributed by atoms with E-state index in [4.69, 9.17) is 5.11 Å². The zero-order valence-corrected chi connectivity index (χ0v) is 7.85. The predicted molar refractivity (Wildman–Crippen MR) is 29.7 cm³/mol. The minimum Gasteiger partial charge on any atom is -0.449 e. The number of rotatable bonds is 3. The van der Waals surface area contributed by atoms with Crippen LogP contribution in [0.25, 0.3) is 0 Å². The van der Waals surface area contributed by atoms with Crippen LogP contribution in [-0.4, -0.2) is 17.9 Å². The van der Waals surface area contributed by atoms with Crippen LogP contribution >= 0.6 is 8.25 Å². The average molecular weight is 202 g/mol. The summed E-state index contributed by atoms with van der Waals surface area (Å²) in [4.78, 5) is 9.61. The summed E-state index contributed by atoms with van der Waals surface area (Å²) >= 11 is 0. The van der Waals surface area contributed by atoms with Gasteiger partial charge in [-0.05, 0) is 6.92 Å². The summed E-state index contributed by atoms with van der Waals surface area (Å²) < 4.78 is 18.2. The fraction of sp³-hybridized carbons (Fsp3) is 0.667. The Morgan fingerprint density at radius 2 is 2.20 bits per heavy atom. The molecule has 0 aliphatic rings. The molecule has 0 saturated carbocycles. The topological polar surface area (TPSA) is 72.8 Å². The van der Waals surface area contributed by atoms with Crippen LogP contribution in [0.3, 0.4) is 0 Å². The smallest absolute Gasteiger partial charge is 0.449 e. The molecule has 0 aromatic carbocycles. The molecule has 0 rings (SSSR count). The van der Waals surface area contributed by atoms with Gasteiger partial charge in [0, 0.05) is 21.7 Å². The van der Waals surface area contributed by atoms with Gasteiger partial charge in [0.1, 0.15) is 0 Å². The van der Waals surface area contributed by atoms with Crippen molar-refractivity contribution in [2.24, 2.45) is 0 Å². The second-order valence-electron chi connectivity index (χ2n) is 1.05. The molecule has 0 amide bonds. The molecule has 7 heteroatoms. The van der Waals surface area contributed by atoms with Crippen LogP contribution in [0.4, 0.5) is 4.79 Å². The van der Waals surface area contributed by atoms with Gasteiger partial charge in [-0.3, -0.25) is 0 Å². The van der Waals surface area contributed by atoms with E-state index in [9.17, 15) is 9.36 Å². The Bertz CT molecular complexity index is 126. The third kappa shape index (κ3) is 8.17. The molecule has 0 radical (unpaired) electrons. The summed E-state index contributed by atoms with van der Waals surface area (Å²) in [5.41, 5.74) is 0. The first kappa shape index (κ1) is 12.8. The van der Waals surface area contributed by atoms with Crippen molar-refractivity contribution in [3.63, 3.8) is 0 Å². The molecule has 0 aromatic heterocycles. The quantitative estimate of drug-likeness (QED) is 0.547. The van der Waals surface area contributed by atoms with E-state index in [1.54, 1.807) is 6.92 Å². The van der Waals surface area contributed by atoms with Gasteiger partial charge in [0.05, 0.1) is 6.61 Å². The molecule has 0 heterocycles. The Morgan fingerprint density at radius 3 is 2.50 bits per heavy atom. The molecule has 0 saturated heterocycles. The SMILES string of the molecule is CCO[PH](=O)OC(=O)O.[Ti]. The molecule has 0 fully saturated rings. The molecule has 10 heavy (non-hydrogen) atoms. The van der Waals surface area contributed by atoms with Crippen LogP contribution in [-0.2, 0) is 35.3 Å². The maximum absolute atomic E-state index is 10.2. The third-order valence-electron chi connectivity index (χ3n) is 0.433. The average Bonchev–Trinajstić information content (AvgIpc) is 1.63. The van der Waals surface area contributed by atoms with Crippen LogP contribution in [0.15, 0.2) is 0 Å². The van der Waals surface area contributed by atoms with E-state index >= 15 is 0 Å². The van der Waals surface area contributed by atoms with E-state index in [0.717, 1.165) is 0 Å². The monoisotopic (exact) mass is 202 g/mol. The van der Waals surface area contributed by atoms with Crippen LogP contribution in [0.1, 0.15) is 6.92 Å². The molecule has 0 aliphatic heterocycles. The molecule has 1 atom stereocenters. The maximum Gasteiger partial charge on any atom is 0.512 e. The zero-order chi connectivity index (χ0) is 7.28. The Labute approximate surface area is 73.5 Å². The van der Waals surface area contributed by atoms with Crippen LogP contribution in [0.5, 0.6) is 0 Å². The first-order chi connectivity index (χ1) is 4.16. The van der Waals surface area contributed by atoms with E-state index in [1.165, 1.54) is 0 Å². The Hall–Kier alpha value is 0.174. The van der Waals surface area contributed by atoms with Gasteiger partial charge in [-0.15, -0.1) is 0 Å². The molecule has 0 aromatic rings. The molecule has 58 valence electrons. The Kier molecular flexibility index (Phi) is 9.33. The fourth-order valence-corrected chi connectivity index (χ4v) is 0.656. The van der Waals surface area contributed by atoms with Crippen molar-refractivity contribution in [1.82, 2.24) is 0 Å². The summed E-state index contributed by atoms with van der Waals surface area (Å²) in [7, 11) is -2.79. The number of carbonyl (C=O) groups is 1. The van der Waals surface area contributed by atoms with Gasteiger partial charge in [-0.25, -0.2) is 9.36 Å². The standard InChI is InChI=1S/C3H7O5P.Ti/c1-2-7-9(6)8-3(4)5;/h9H,2H2,1H3,(H,4,5);. The summed E-state index contributed by atoms with van der Waals surface area (Å²) in [6, 6.07) is 0. The fourth-order valence-electron chi connectivity index (χ4n) is 0.219.